The Morgan fingerprint density at radius 1 is 1.28 bits per heavy atom. The van der Waals surface area contributed by atoms with E-state index in [1.165, 1.54) is 0 Å². The van der Waals surface area contributed by atoms with Crippen molar-refractivity contribution in [3.63, 3.8) is 0 Å². The molecule has 0 saturated carbocycles. The highest BCUT2D eigenvalue weighted by Crippen LogP contribution is 2.34. The zero-order chi connectivity index (χ0) is 12.7. The van der Waals surface area contributed by atoms with Crippen molar-refractivity contribution in [1.82, 2.24) is 4.98 Å². The van der Waals surface area contributed by atoms with E-state index in [1.807, 2.05) is 37.4 Å². The first kappa shape index (κ1) is 11.1. The Morgan fingerprint density at radius 2 is 2.06 bits per heavy atom. The minimum absolute atomic E-state index is 0.0380. The number of aliphatic hydroxyl groups is 1. The molecule has 0 saturated heterocycles. The lowest BCUT2D eigenvalue weighted by molar-refractivity contribution is -0.115. The molecule has 1 aromatic heterocycles. The zero-order valence-corrected chi connectivity index (χ0v) is 10.2. The Kier molecular flexibility index (Phi) is 2.47. The van der Waals surface area contributed by atoms with Gasteiger partial charge in [-0.05, 0) is 12.0 Å². The fraction of sp³-hybridized carbons (Fsp3) is 0.267. The lowest BCUT2D eigenvalue weighted by Crippen LogP contribution is -2.16. The molecule has 0 bridgehead atoms. The monoisotopic (exact) mass is 241 g/mol. The molecule has 3 heteroatoms. The zero-order valence-electron chi connectivity index (χ0n) is 10.2. The number of carbonyl (C=O) groups is 1. The molecule has 3 nitrogen and oxygen atoms in total. The summed E-state index contributed by atoms with van der Waals surface area (Å²) >= 11 is 0. The van der Waals surface area contributed by atoms with E-state index >= 15 is 0 Å². The molecular formula is C15H15NO2. The molecule has 0 radical (unpaired) electrons. The quantitative estimate of drug-likeness (QED) is 0.803. The van der Waals surface area contributed by atoms with Crippen LogP contribution in [-0.2, 0) is 4.79 Å². The summed E-state index contributed by atoms with van der Waals surface area (Å²) in [6.07, 6.45) is 2.91. The Bertz CT molecular complexity index is 651. The van der Waals surface area contributed by atoms with Gasteiger partial charge in [0, 0.05) is 35.5 Å². The van der Waals surface area contributed by atoms with Crippen molar-refractivity contribution in [1.29, 1.82) is 0 Å². The summed E-state index contributed by atoms with van der Waals surface area (Å²) in [6, 6.07) is 7.81. The predicted octanol–water partition coefficient (Wildman–Crippen LogP) is 3.44. The van der Waals surface area contributed by atoms with Gasteiger partial charge < -0.3 is 10.1 Å². The average molecular weight is 241 g/mol. The van der Waals surface area contributed by atoms with E-state index < -0.39 is 0 Å². The van der Waals surface area contributed by atoms with Crippen molar-refractivity contribution < 1.29 is 9.90 Å². The van der Waals surface area contributed by atoms with Crippen LogP contribution in [0.5, 0.6) is 0 Å². The molecule has 0 aliphatic heterocycles. The van der Waals surface area contributed by atoms with Gasteiger partial charge in [0.05, 0.1) is 5.57 Å². The van der Waals surface area contributed by atoms with E-state index in [0.29, 0.717) is 18.4 Å². The molecule has 1 unspecified atom stereocenters. The number of Topliss-reactive ketones (excluding diaryl/α,β-unsaturated/α-hetero) is 1. The maximum Gasteiger partial charge on any atom is 0.167 e. The van der Waals surface area contributed by atoms with Crippen LogP contribution < -0.4 is 0 Å². The summed E-state index contributed by atoms with van der Waals surface area (Å²) in [5.41, 5.74) is 2.30. The van der Waals surface area contributed by atoms with Crippen molar-refractivity contribution >= 4 is 22.3 Å². The lowest BCUT2D eigenvalue weighted by Gasteiger charge is -2.19. The molecule has 1 aromatic carbocycles. The van der Waals surface area contributed by atoms with E-state index in [2.05, 4.69) is 4.98 Å². The van der Waals surface area contributed by atoms with E-state index in [-0.39, 0.29) is 17.5 Å². The third-order valence-electron chi connectivity index (χ3n) is 3.50. The van der Waals surface area contributed by atoms with Gasteiger partial charge in [-0.15, -0.1) is 0 Å². The van der Waals surface area contributed by atoms with Crippen LogP contribution in [0.15, 0.2) is 36.2 Å². The second-order valence-electron chi connectivity index (χ2n) is 5.01. The van der Waals surface area contributed by atoms with Gasteiger partial charge in [-0.1, -0.05) is 25.1 Å². The third-order valence-corrected chi connectivity index (χ3v) is 3.50. The van der Waals surface area contributed by atoms with Crippen molar-refractivity contribution in [2.45, 2.75) is 19.8 Å². The number of ketones is 1. The van der Waals surface area contributed by atoms with Crippen LogP contribution >= 0.6 is 0 Å². The molecule has 3 rings (SSSR count). The molecule has 2 N–H and O–H groups in total. The highest BCUT2D eigenvalue weighted by atomic mass is 16.3. The van der Waals surface area contributed by atoms with Gasteiger partial charge in [0.1, 0.15) is 5.76 Å². The Morgan fingerprint density at radius 3 is 2.83 bits per heavy atom. The van der Waals surface area contributed by atoms with Crippen molar-refractivity contribution in [2.24, 2.45) is 5.92 Å². The van der Waals surface area contributed by atoms with Crippen molar-refractivity contribution in [3.05, 3.63) is 41.8 Å². The van der Waals surface area contributed by atoms with Gasteiger partial charge in [-0.2, -0.15) is 0 Å². The molecule has 1 aliphatic rings. The number of allylic oxidation sites excluding steroid dienone is 2. The standard InChI is InChI=1S/C15H15NO2/c1-9-6-13(17)15(14(18)7-9)11-8-16-12-5-3-2-4-10(11)12/h2-5,8-9,16-17H,6-7H2,1H3. The fourth-order valence-corrected chi connectivity index (χ4v) is 2.67. The molecule has 0 amide bonds. The van der Waals surface area contributed by atoms with Crippen LogP contribution in [0, 0.1) is 5.92 Å². The van der Waals surface area contributed by atoms with Crippen LogP contribution in [0.3, 0.4) is 0 Å². The molecule has 18 heavy (non-hydrogen) atoms. The number of fused-ring (bicyclic) bond motifs is 1. The molecule has 1 atom stereocenters. The highest BCUT2D eigenvalue weighted by Gasteiger charge is 2.27. The summed E-state index contributed by atoms with van der Waals surface area (Å²) in [4.78, 5) is 15.3. The number of aromatic nitrogens is 1. The lowest BCUT2D eigenvalue weighted by atomic mass is 9.85. The number of carbonyl (C=O) groups excluding carboxylic acids is 1. The molecular weight excluding hydrogens is 226 g/mol. The average Bonchev–Trinajstić information content (AvgIpc) is 2.72. The number of para-hydroxylation sites is 1. The number of aromatic amines is 1. The first-order valence-electron chi connectivity index (χ1n) is 6.18. The van der Waals surface area contributed by atoms with Gasteiger partial charge in [-0.3, -0.25) is 4.79 Å². The number of hydrogen-bond donors (Lipinski definition) is 2. The second kappa shape index (κ2) is 4.02. The number of aliphatic hydroxyl groups excluding tert-OH is 1. The van der Waals surface area contributed by atoms with Gasteiger partial charge >= 0.3 is 0 Å². The minimum Gasteiger partial charge on any atom is -0.512 e. The summed E-state index contributed by atoms with van der Waals surface area (Å²) in [5, 5.41) is 11.1. The van der Waals surface area contributed by atoms with Crippen LogP contribution in [0.1, 0.15) is 25.3 Å². The molecule has 2 aromatic rings. The van der Waals surface area contributed by atoms with Crippen molar-refractivity contribution in [3.8, 4) is 0 Å². The van der Waals surface area contributed by atoms with Crippen LogP contribution in [-0.4, -0.2) is 15.9 Å². The molecule has 92 valence electrons. The molecule has 0 spiro atoms. The van der Waals surface area contributed by atoms with E-state index in [9.17, 15) is 9.90 Å². The highest BCUT2D eigenvalue weighted by molar-refractivity contribution is 6.24. The largest absolute Gasteiger partial charge is 0.512 e. The molecule has 0 fully saturated rings. The number of nitrogens with one attached hydrogen (secondary N) is 1. The number of benzene rings is 1. The summed E-state index contributed by atoms with van der Waals surface area (Å²) in [6.45, 7) is 1.99. The maximum atomic E-state index is 12.1. The van der Waals surface area contributed by atoms with Crippen LogP contribution in [0.4, 0.5) is 0 Å². The van der Waals surface area contributed by atoms with Gasteiger partial charge in [0.2, 0.25) is 0 Å². The van der Waals surface area contributed by atoms with E-state index in [1.54, 1.807) is 0 Å². The van der Waals surface area contributed by atoms with E-state index in [0.717, 1.165) is 16.5 Å². The Balaban J connectivity index is 2.20. The SMILES string of the molecule is CC1CC(=O)C(c2c[nH]c3ccccc23)=C(O)C1. The van der Waals surface area contributed by atoms with Gasteiger partial charge in [-0.25, -0.2) is 0 Å². The van der Waals surface area contributed by atoms with Crippen LogP contribution in [0.2, 0.25) is 0 Å². The third kappa shape index (κ3) is 1.63. The minimum atomic E-state index is 0.0380. The smallest absolute Gasteiger partial charge is 0.167 e. The molecule has 1 heterocycles. The number of H-pyrrole nitrogens is 1. The van der Waals surface area contributed by atoms with E-state index in [4.69, 9.17) is 0 Å². The van der Waals surface area contributed by atoms with Crippen LogP contribution in [0.25, 0.3) is 16.5 Å². The summed E-state index contributed by atoms with van der Waals surface area (Å²) in [5.74, 6) is 0.492. The number of rotatable bonds is 1. The predicted molar refractivity (Wildman–Crippen MR) is 71.3 cm³/mol. The normalized spacial score (nSPS) is 20.7. The topological polar surface area (TPSA) is 53.1 Å². The Labute approximate surface area is 105 Å². The summed E-state index contributed by atoms with van der Waals surface area (Å²) in [7, 11) is 0. The van der Waals surface area contributed by atoms with Gasteiger partial charge in [0.15, 0.2) is 5.78 Å². The molecule has 1 aliphatic carbocycles. The second-order valence-corrected chi connectivity index (χ2v) is 5.01. The van der Waals surface area contributed by atoms with Crippen molar-refractivity contribution in [2.75, 3.05) is 0 Å². The first-order chi connectivity index (χ1) is 8.66. The fourth-order valence-electron chi connectivity index (χ4n) is 2.67. The summed E-state index contributed by atoms with van der Waals surface area (Å²) < 4.78 is 0. The Hall–Kier alpha value is -2.03. The van der Waals surface area contributed by atoms with Gasteiger partial charge in [0.25, 0.3) is 0 Å². The number of hydrogen-bond acceptors (Lipinski definition) is 2. The first-order valence-corrected chi connectivity index (χ1v) is 6.18. The maximum absolute atomic E-state index is 12.1.